The molecule has 0 bridgehead atoms. The van der Waals surface area contributed by atoms with Crippen LogP contribution in [0.3, 0.4) is 0 Å². The Morgan fingerprint density at radius 1 is 1.37 bits per heavy atom. The smallest absolute Gasteiger partial charge is 0.494 e. The third-order valence-corrected chi connectivity index (χ3v) is 3.51. The van der Waals surface area contributed by atoms with Crippen LogP contribution in [0.1, 0.15) is 6.92 Å². The number of alkyl halides is 3. The van der Waals surface area contributed by atoms with E-state index in [1.165, 1.54) is 25.3 Å². The number of hydrogen-bond acceptors (Lipinski definition) is 8. The first-order valence-electron chi connectivity index (χ1n) is 8.50. The molecule has 0 spiro atoms. The zero-order valence-electron chi connectivity index (χ0n) is 16.0. The van der Waals surface area contributed by atoms with Gasteiger partial charge >= 0.3 is 6.36 Å². The molecule has 0 saturated heterocycles. The van der Waals surface area contributed by atoms with Gasteiger partial charge in [-0.25, -0.2) is 9.97 Å². The number of carbonyl (C=O) groups excluding carboxylic acids is 1. The van der Waals surface area contributed by atoms with Crippen LogP contribution in [-0.4, -0.2) is 41.6 Å². The van der Waals surface area contributed by atoms with Crippen LogP contribution in [0.15, 0.2) is 41.7 Å². The highest BCUT2D eigenvalue weighted by atomic mass is 19.4. The van der Waals surface area contributed by atoms with Crippen molar-refractivity contribution in [2.24, 2.45) is 10.7 Å². The maximum Gasteiger partial charge on any atom is 0.573 e. The van der Waals surface area contributed by atoms with Gasteiger partial charge in [0.05, 0.1) is 18.4 Å². The van der Waals surface area contributed by atoms with Gasteiger partial charge in [-0.2, -0.15) is 0 Å². The second-order valence-corrected chi connectivity index (χ2v) is 5.55. The van der Waals surface area contributed by atoms with Crippen molar-refractivity contribution < 1.29 is 27.4 Å². The lowest BCUT2D eigenvalue weighted by molar-refractivity contribution is -0.274. The van der Waals surface area contributed by atoms with E-state index in [1.807, 2.05) is 0 Å². The maximum atomic E-state index is 12.8. The molecule has 0 fully saturated rings. The lowest BCUT2D eigenvalue weighted by Gasteiger charge is -2.15. The van der Waals surface area contributed by atoms with Crippen molar-refractivity contribution in [2.45, 2.75) is 13.3 Å². The van der Waals surface area contributed by atoms with Crippen molar-refractivity contribution in [3.8, 4) is 22.8 Å². The van der Waals surface area contributed by atoms with Crippen LogP contribution >= 0.6 is 0 Å². The SMILES string of the molecule is CCOc1ccc(OC(F)(F)F)c(-c2ncc(NC(=O)C(/C=C\N)=NC)nc2N)c1. The molecule has 0 unspecified atom stereocenters. The van der Waals surface area contributed by atoms with Gasteiger partial charge in [0.1, 0.15) is 22.9 Å². The first-order chi connectivity index (χ1) is 14.2. The highest BCUT2D eigenvalue weighted by Gasteiger charge is 2.33. The van der Waals surface area contributed by atoms with E-state index in [1.54, 1.807) is 6.92 Å². The molecule has 0 aliphatic rings. The fourth-order valence-electron chi connectivity index (χ4n) is 2.36. The normalized spacial score (nSPS) is 12.1. The third kappa shape index (κ3) is 5.83. The van der Waals surface area contributed by atoms with Crippen LogP contribution in [-0.2, 0) is 4.79 Å². The molecular formula is C18H19F3N6O3. The number of rotatable bonds is 7. The summed E-state index contributed by atoms with van der Waals surface area (Å²) in [5.74, 6) is -1.14. The van der Waals surface area contributed by atoms with Crippen molar-refractivity contribution >= 4 is 23.3 Å². The van der Waals surface area contributed by atoms with Crippen molar-refractivity contribution in [3.63, 3.8) is 0 Å². The van der Waals surface area contributed by atoms with Crippen molar-refractivity contribution in [2.75, 3.05) is 24.7 Å². The predicted molar refractivity (Wildman–Crippen MR) is 105 cm³/mol. The molecule has 1 heterocycles. The van der Waals surface area contributed by atoms with E-state index in [0.29, 0.717) is 6.61 Å². The Kier molecular flexibility index (Phi) is 7.17. The highest BCUT2D eigenvalue weighted by Crippen LogP contribution is 2.37. The lowest BCUT2D eigenvalue weighted by Crippen LogP contribution is -2.22. The van der Waals surface area contributed by atoms with E-state index in [9.17, 15) is 18.0 Å². The zero-order valence-corrected chi connectivity index (χ0v) is 16.0. The summed E-state index contributed by atoms with van der Waals surface area (Å²) in [6.45, 7) is 2.02. The fourth-order valence-corrected chi connectivity index (χ4v) is 2.36. The molecule has 2 rings (SSSR count). The first kappa shape index (κ1) is 22.5. The number of aliphatic imine (C=N–C) groups is 1. The average molecular weight is 424 g/mol. The number of nitrogen functional groups attached to an aromatic ring is 1. The minimum Gasteiger partial charge on any atom is -0.494 e. The quantitative estimate of drug-likeness (QED) is 0.581. The molecule has 1 aromatic carbocycles. The summed E-state index contributed by atoms with van der Waals surface area (Å²) in [6.07, 6.45) is -1.38. The molecule has 1 amide bonds. The van der Waals surface area contributed by atoms with E-state index < -0.39 is 18.0 Å². The monoisotopic (exact) mass is 424 g/mol. The van der Waals surface area contributed by atoms with E-state index in [0.717, 1.165) is 18.5 Å². The molecular weight excluding hydrogens is 405 g/mol. The standard InChI is InChI=1S/C18H19F3N6O3/c1-3-29-10-4-5-13(30-18(19,20)21)11(8-10)15-16(23)26-14(9-25-15)27-17(28)12(24-2)6-7-22/h4-9H,3,22H2,1-2H3,(H3,23,26,27,28)/b7-6-,24-12?. The summed E-state index contributed by atoms with van der Waals surface area (Å²) < 4.78 is 47.7. The van der Waals surface area contributed by atoms with Gasteiger partial charge in [0.2, 0.25) is 0 Å². The topological polar surface area (TPSA) is 138 Å². The minimum absolute atomic E-state index is 0.0206. The van der Waals surface area contributed by atoms with Gasteiger partial charge in [-0.3, -0.25) is 9.79 Å². The fraction of sp³-hybridized carbons (Fsp3) is 0.222. The number of nitrogens with two attached hydrogens (primary N) is 2. The van der Waals surface area contributed by atoms with E-state index in [4.69, 9.17) is 16.2 Å². The van der Waals surface area contributed by atoms with Gasteiger partial charge in [-0.1, -0.05) is 0 Å². The Morgan fingerprint density at radius 2 is 2.10 bits per heavy atom. The third-order valence-electron chi connectivity index (χ3n) is 3.51. The second kappa shape index (κ2) is 9.58. The highest BCUT2D eigenvalue weighted by molar-refractivity contribution is 6.47. The Bertz CT molecular complexity index is 976. The van der Waals surface area contributed by atoms with Gasteiger partial charge in [0.15, 0.2) is 11.6 Å². The molecule has 160 valence electrons. The zero-order chi connectivity index (χ0) is 22.3. The number of benzene rings is 1. The van der Waals surface area contributed by atoms with Crippen molar-refractivity contribution in [1.29, 1.82) is 0 Å². The molecule has 0 radical (unpaired) electrons. The first-order valence-corrected chi connectivity index (χ1v) is 8.50. The molecule has 0 aliphatic heterocycles. The molecule has 9 nitrogen and oxygen atoms in total. The average Bonchev–Trinajstić information content (AvgIpc) is 2.66. The number of carbonyl (C=O) groups is 1. The molecule has 30 heavy (non-hydrogen) atoms. The number of hydrogen-bond donors (Lipinski definition) is 3. The Labute approximate surface area is 169 Å². The summed E-state index contributed by atoms with van der Waals surface area (Å²) in [4.78, 5) is 23.9. The summed E-state index contributed by atoms with van der Waals surface area (Å²) in [6, 6.07) is 3.72. The van der Waals surface area contributed by atoms with Gasteiger partial charge in [-0.05, 0) is 37.4 Å². The van der Waals surface area contributed by atoms with E-state index in [2.05, 4.69) is 25.0 Å². The van der Waals surface area contributed by atoms with Crippen molar-refractivity contribution in [1.82, 2.24) is 9.97 Å². The Hall–Kier alpha value is -3.83. The van der Waals surface area contributed by atoms with Crippen molar-refractivity contribution in [3.05, 3.63) is 36.7 Å². The molecule has 1 aromatic heterocycles. The number of amides is 1. The number of anilines is 2. The van der Waals surface area contributed by atoms with Gasteiger partial charge in [-0.15, -0.1) is 13.2 Å². The Morgan fingerprint density at radius 3 is 2.67 bits per heavy atom. The summed E-state index contributed by atoms with van der Waals surface area (Å²) in [7, 11) is 1.39. The summed E-state index contributed by atoms with van der Waals surface area (Å²) >= 11 is 0. The van der Waals surface area contributed by atoms with Crippen LogP contribution in [0.25, 0.3) is 11.3 Å². The number of nitrogens with zero attached hydrogens (tertiary/aromatic N) is 3. The predicted octanol–water partition coefficient (Wildman–Crippen LogP) is 2.50. The molecule has 2 aromatic rings. The molecule has 12 heteroatoms. The largest absolute Gasteiger partial charge is 0.573 e. The van der Waals surface area contributed by atoms with Crippen LogP contribution in [0.5, 0.6) is 11.5 Å². The van der Waals surface area contributed by atoms with E-state index >= 15 is 0 Å². The number of nitrogens with one attached hydrogen (secondary N) is 1. The van der Waals surface area contributed by atoms with Gasteiger partial charge in [0, 0.05) is 7.05 Å². The van der Waals surface area contributed by atoms with Crippen LogP contribution in [0, 0.1) is 0 Å². The molecule has 0 atom stereocenters. The van der Waals surface area contributed by atoms with E-state index in [-0.39, 0.29) is 34.4 Å². The van der Waals surface area contributed by atoms with Gasteiger partial charge < -0.3 is 26.3 Å². The number of aromatic nitrogens is 2. The second-order valence-electron chi connectivity index (χ2n) is 5.55. The minimum atomic E-state index is -4.93. The van der Waals surface area contributed by atoms with Crippen LogP contribution in [0.4, 0.5) is 24.8 Å². The summed E-state index contributed by atoms with van der Waals surface area (Å²) in [5, 5.41) is 2.42. The van der Waals surface area contributed by atoms with Crippen LogP contribution < -0.4 is 26.3 Å². The van der Waals surface area contributed by atoms with Gasteiger partial charge in [0.25, 0.3) is 5.91 Å². The number of halogens is 3. The molecule has 0 saturated carbocycles. The number of ether oxygens (including phenoxy) is 2. The molecule has 0 aliphatic carbocycles. The maximum absolute atomic E-state index is 12.8. The Balaban J connectivity index is 2.42. The van der Waals surface area contributed by atoms with Crippen LogP contribution in [0.2, 0.25) is 0 Å². The molecule has 5 N–H and O–H groups in total. The lowest BCUT2D eigenvalue weighted by atomic mass is 10.1. The summed E-state index contributed by atoms with van der Waals surface area (Å²) in [5.41, 5.74) is 11.0.